The van der Waals surface area contributed by atoms with E-state index in [-0.39, 0.29) is 18.3 Å². The van der Waals surface area contributed by atoms with Gasteiger partial charge in [-0.25, -0.2) is 4.39 Å². The van der Waals surface area contributed by atoms with Crippen molar-refractivity contribution in [2.45, 2.75) is 26.2 Å². The van der Waals surface area contributed by atoms with Crippen LogP contribution >= 0.6 is 11.3 Å². The highest BCUT2D eigenvalue weighted by Crippen LogP contribution is 2.39. The number of benzene rings is 1. The highest BCUT2D eigenvalue weighted by atomic mass is 32.1. The van der Waals surface area contributed by atoms with Crippen LogP contribution < -0.4 is 16.0 Å². The number of rotatable bonds is 5. The Morgan fingerprint density at radius 2 is 1.97 bits per heavy atom. The summed E-state index contributed by atoms with van der Waals surface area (Å²) in [5, 5.41) is 3.51. The summed E-state index contributed by atoms with van der Waals surface area (Å²) < 4.78 is 14.0. The highest BCUT2D eigenvalue weighted by molar-refractivity contribution is 7.17. The van der Waals surface area contributed by atoms with E-state index in [0.29, 0.717) is 48.3 Å². The van der Waals surface area contributed by atoms with E-state index in [1.165, 1.54) is 17.4 Å². The molecule has 8 heteroatoms. The molecule has 160 valence electrons. The number of nitrogens with two attached hydrogens (primary N) is 1. The van der Waals surface area contributed by atoms with Gasteiger partial charge in [-0.3, -0.25) is 14.5 Å². The van der Waals surface area contributed by atoms with Gasteiger partial charge in [-0.2, -0.15) is 0 Å². The van der Waals surface area contributed by atoms with Crippen molar-refractivity contribution in [3.05, 3.63) is 46.1 Å². The number of primary amides is 1. The minimum Gasteiger partial charge on any atom is -0.367 e. The Hall–Kier alpha value is -2.45. The maximum Gasteiger partial charge on any atom is 0.251 e. The van der Waals surface area contributed by atoms with E-state index >= 15 is 0 Å². The number of halogens is 1. The number of amides is 2. The molecule has 3 N–H and O–H groups in total. The normalized spacial score (nSPS) is 19.4. The maximum absolute atomic E-state index is 14.0. The fraction of sp³-hybridized carbons (Fsp3) is 0.455. The SMILES string of the molecule is CC1CCc2c(sc(NC(=O)CN3CCN(c4ccccc4F)CC3)c2C(N)=O)C1. The van der Waals surface area contributed by atoms with Gasteiger partial charge in [0.1, 0.15) is 10.8 Å². The number of fused-ring (bicyclic) bond motifs is 1. The third-order valence-corrected chi connectivity index (χ3v) is 7.11. The molecule has 1 aliphatic heterocycles. The van der Waals surface area contributed by atoms with Gasteiger partial charge < -0.3 is 16.0 Å². The van der Waals surface area contributed by atoms with Gasteiger partial charge in [-0.1, -0.05) is 19.1 Å². The molecule has 0 saturated carbocycles. The summed E-state index contributed by atoms with van der Waals surface area (Å²) in [4.78, 5) is 29.9. The summed E-state index contributed by atoms with van der Waals surface area (Å²) >= 11 is 1.48. The summed E-state index contributed by atoms with van der Waals surface area (Å²) in [7, 11) is 0. The number of nitrogens with one attached hydrogen (secondary N) is 1. The molecule has 0 radical (unpaired) electrons. The fourth-order valence-corrected chi connectivity index (χ4v) is 5.76. The number of carbonyl (C=O) groups excluding carboxylic acids is 2. The molecule has 1 atom stereocenters. The van der Waals surface area contributed by atoms with Crippen LogP contribution in [0.2, 0.25) is 0 Å². The molecule has 1 aromatic carbocycles. The Bertz CT molecular complexity index is 953. The van der Waals surface area contributed by atoms with Crippen LogP contribution in [0.3, 0.4) is 0 Å². The lowest BCUT2D eigenvalue weighted by molar-refractivity contribution is -0.117. The topological polar surface area (TPSA) is 78.7 Å². The van der Waals surface area contributed by atoms with Gasteiger partial charge in [0.15, 0.2) is 0 Å². The summed E-state index contributed by atoms with van der Waals surface area (Å²) in [6.07, 6.45) is 2.79. The Morgan fingerprint density at radius 1 is 1.23 bits per heavy atom. The molecule has 30 heavy (non-hydrogen) atoms. The van der Waals surface area contributed by atoms with Crippen LogP contribution in [0.15, 0.2) is 24.3 Å². The quantitative estimate of drug-likeness (QED) is 0.765. The number of thiophene rings is 1. The zero-order chi connectivity index (χ0) is 21.3. The lowest BCUT2D eigenvalue weighted by Crippen LogP contribution is -2.48. The summed E-state index contributed by atoms with van der Waals surface area (Å²) in [6, 6.07) is 6.76. The molecule has 1 aliphatic carbocycles. The van der Waals surface area contributed by atoms with E-state index in [2.05, 4.69) is 12.2 Å². The first-order valence-corrected chi connectivity index (χ1v) is 11.2. The second kappa shape index (κ2) is 8.73. The summed E-state index contributed by atoms with van der Waals surface area (Å²) in [6.45, 7) is 5.09. The zero-order valence-corrected chi connectivity index (χ0v) is 17.9. The van der Waals surface area contributed by atoms with Gasteiger partial charge in [0.25, 0.3) is 5.91 Å². The minimum absolute atomic E-state index is 0.150. The van der Waals surface area contributed by atoms with Crippen LogP contribution in [0.4, 0.5) is 15.1 Å². The third kappa shape index (κ3) is 4.34. The minimum atomic E-state index is -0.476. The van der Waals surface area contributed by atoms with Crippen molar-refractivity contribution in [3.63, 3.8) is 0 Å². The van der Waals surface area contributed by atoms with E-state index in [4.69, 9.17) is 5.73 Å². The Morgan fingerprint density at radius 3 is 2.67 bits per heavy atom. The highest BCUT2D eigenvalue weighted by Gasteiger charge is 2.28. The standard InChI is InChI=1S/C22H27FN4O2S/c1-14-6-7-15-18(12-14)30-22(20(15)21(24)29)25-19(28)13-26-8-10-27(11-9-26)17-5-3-2-4-16(17)23/h2-5,14H,6-13H2,1H3,(H2,24,29)(H,25,28). The number of hydrogen-bond acceptors (Lipinski definition) is 5. The summed E-state index contributed by atoms with van der Waals surface area (Å²) in [5.74, 6) is -0.274. The first-order valence-electron chi connectivity index (χ1n) is 10.4. The van der Waals surface area contributed by atoms with Crippen LogP contribution in [0.1, 0.15) is 34.1 Å². The number of carbonyl (C=O) groups is 2. The predicted molar refractivity (Wildman–Crippen MR) is 118 cm³/mol. The van der Waals surface area contributed by atoms with E-state index < -0.39 is 5.91 Å². The lowest BCUT2D eigenvalue weighted by Gasteiger charge is -2.35. The molecule has 1 aromatic heterocycles. The average molecular weight is 431 g/mol. The van der Waals surface area contributed by atoms with Crippen molar-refractivity contribution in [2.24, 2.45) is 11.7 Å². The van der Waals surface area contributed by atoms with Gasteiger partial charge in [-0.15, -0.1) is 11.3 Å². The average Bonchev–Trinajstić information content (AvgIpc) is 3.06. The van der Waals surface area contributed by atoms with Crippen molar-refractivity contribution < 1.29 is 14.0 Å². The Kier molecular flexibility index (Phi) is 6.06. The van der Waals surface area contributed by atoms with Crippen LogP contribution in [0.25, 0.3) is 0 Å². The Labute approximate surface area is 179 Å². The number of piperazine rings is 1. The predicted octanol–water partition coefficient (Wildman–Crippen LogP) is 2.87. The molecular formula is C22H27FN4O2S. The monoisotopic (exact) mass is 430 g/mol. The molecule has 1 unspecified atom stereocenters. The molecule has 6 nitrogen and oxygen atoms in total. The van der Waals surface area contributed by atoms with Crippen molar-refractivity contribution in [1.82, 2.24) is 4.90 Å². The molecule has 0 spiro atoms. The van der Waals surface area contributed by atoms with Crippen molar-refractivity contribution in [3.8, 4) is 0 Å². The smallest absolute Gasteiger partial charge is 0.251 e. The molecular weight excluding hydrogens is 403 g/mol. The molecule has 1 saturated heterocycles. The molecule has 2 amide bonds. The van der Waals surface area contributed by atoms with E-state index in [1.807, 2.05) is 15.9 Å². The molecule has 2 heterocycles. The first kappa shape index (κ1) is 20.8. The molecule has 4 rings (SSSR count). The van der Waals surface area contributed by atoms with Crippen LogP contribution in [-0.4, -0.2) is 49.4 Å². The number of anilines is 2. The molecule has 0 bridgehead atoms. The van der Waals surface area contributed by atoms with Crippen LogP contribution in [-0.2, 0) is 17.6 Å². The van der Waals surface area contributed by atoms with Crippen LogP contribution in [0, 0.1) is 11.7 Å². The van der Waals surface area contributed by atoms with E-state index in [9.17, 15) is 14.0 Å². The van der Waals surface area contributed by atoms with Crippen LogP contribution in [0.5, 0.6) is 0 Å². The second-order valence-corrected chi connectivity index (χ2v) is 9.29. The fourth-order valence-electron chi connectivity index (χ4n) is 4.32. The van der Waals surface area contributed by atoms with Gasteiger partial charge >= 0.3 is 0 Å². The van der Waals surface area contributed by atoms with Crippen molar-refractivity contribution in [1.29, 1.82) is 0 Å². The lowest BCUT2D eigenvalue weighted by atomic mass is 9.88. The van der Waals surface area contributed by atoms with E-state index in [0.717, 1.165) is 29.7 Å². The second-order valence-electron chi connectivity index (χ2n) is 8.18. The number of nitrogens with zero attached hydrogens (tertiary/aromatic N) is 2. The van der Waals surface area contributed by atoms with Gasteiger partial charge in [0.2, 0.25) is 5.91 Å². The number of para-hydroxylation sites is 1. The molecule has 2 aromatic rings. The number of hydrogen-bond donors (Lipinski definition) is 2. The van der Waals surface area contributed by atoms with E-state index in [1.54, 1.807) is 12.1 Å². The van der Waals surface area contributed by atoms with Gasteiger partial charge in [0, 0.05) is 31.1 Å². The largest absolute Gasteiger partial charge is 0.367 e. The van der Waals surface area contributed by atoms with Gasteiger partial charge in [0.05, 0.1) is 17.8 Å². The summed E-state index contributed by atoms with van der Waals surface area (Å²) in [5.41, 5.74) is 7.73. The zero-order valence-electron chi connectivity index (χ0n) is 17.1. The van der Waals surface area contributed by atoms with Gasteiger partial charge in [-0.05, 0) is 42.9 Å². The maximum atomic E-state index is 14.0. The molecule has 2 aliphatic rings. The van der Waals surface area contributed by atoms with Crippen molar-refractivity contribution >= 4 is 33.8 Å². The van der Waals surface area contributed by atoms with Crippen molar-refractivity contribution in [2.75, 3.05) is 42.9 Å². The first-order chi connectivity index (χ1) is 14.4. The Balaban J connectivity index is 1.37. The molecule has 1 fully saturated rings. The third-order valence-electron chi connectivity index (χ3n) is 5.94.